The molecule has 42 heavy (non-hydrogen) atoms. The lowest BCUT2D eigenvalue weighted by atomic mass is 9.86. The Morgan fingerprint density at radius 2 is 1.81 bits per heavy atom. The van der Waals surface area contributed by atoms with Gasteiger partial charge in [0.2, 0.25) is 0 Å². The fraction of sp³-hybridized carbons (Fsp3) is 0.515. The number of hydrogen-bond donors (Lipinski definition) is 1. The van der Waals surface area contributed by atoms with E-state index in [2.05, 4.69) is 11.8 Å². The van der Waals surface area contributed by atoms with Crippen molar-refractivity contribution in [3.05, 3.63) is 62.4 Å². The summed E-state index contributed by atoms with van der Waals surface area (Å²) in [7, 11) is 0. The van der Waals surface area contributed by atoms with Crippen molar-refractivity contribution in [2.75, 3.05) is 26.2 Å². The van der Waals surface area contributed by atoms with E-state index in [1.807, 2.05) is 23.1 Å². The van der Waals surface area contributed by atoms with Gasteiger partial charge in [0.15, 0.2) is 5.60 Å². The Hall–Kier alpha value is -3.56. The summed E-state index contributed by atoms with van der Waals surface area (Å²) in [5.74, 6) is -0.666. The van der Waals surface area contributed by atoms with E-state index in [1.165, 1.54) is 32.4 Å². The number of hydrogen-bond acceptors (Lipinski definition) is 7. The molecule has 6 heterocycles. The highest BCUT2D eigenvalue weighted by Crippen LogP contribution is 2.40. The summed E-state index contributed by atoms with van der Waals surface area (Å²) in [6.45, 7) is 7.90. The lowest BCUT2D eigenvalue weighted by Gasteiger charge is -2.40. The number of carbonyl (C=O) groups is 2. The maximum absolute atomic E-state index is 13.6. The molecule has 0 radical (unpaired) electrons. The summed E-state index contributed by atoms with van der Waals surface area (Å²) in [4.78, 5) is 49.3. The zero-order valence-corrected chi connectivity index (χ0v) is 24.4. The third kappa shape index (κ3) is 4.12. The Morgan fingerprint density at radius 1 is 1.05 bits per heavy atom. The predicted octanol–water partition coefficient (Wildman–Crippen LogP) is 3.73. The van der Waals surface area contributed by atoms with Gasteiger partial charge in [0.1, 0.15) is 6.61 Å². The minimum absolute atomic E-state index is 0.0623. The average molecular weight is 571 g/mol. The molecule has 1 amide bonds. The third-order valence-corrected chi connectivity index (χ3v) is 10.1. The number of amides is 1. The molecule has 4 aliphatic heterocycles. The standard InChI is InChI=1S/C33H38N4O5/c1-3-22-23-16-20(30(38)36-14-10-21(11-15-36)35-12-6-5-7-13-35)8-9-27(23)34-29-24(22)18-37-28(29)17-26-25(31(37)39)19-42-32(40)33(26,41)4-2/h8-9,16-17,21,41H,3-7,10-15,18-19H2,1-2H3. The molecule has 2 aromatic heterocycles. The number of rotatable bonds is 4. The zero-order valence-electron chi connectivity index (χ0n) is 24.4. The van der Waals surface area contributed by atoms with Gasteiger partial charge in [-0.3, -0.25) is 9.59 Å². The molecule has 7 rings (SSSR count). The van der Waals surface area contributed by atoms with Crippen LogP contribution in [0.25, 0.3) is 22.3 Å². The highest BCUT2D eigenvalue weighted by atomic mass is 16.6. The van der Waals surface area contributed by atoms with Crippen molar-refractivity contribution in [2.24, 2.45) is 0 Å². The van der Waals surface area contributed by atoms with E-state index in [0.29, 0.717) is 47.1 Å². The molecule has 3 aromatic rings. The van der Waals surface area contributed by atoms with Crippen molar-refractivity contribution >= 4 is 22.8 Å². The van der Waals surface area contributed by atoms with Gasteiger partial charge < -0.3 is 24.2 Å². The second kappa shape index (κ2) is 10.3. The van der Waals surface area contributed by atoms with Crippen LogP contribution in [0.3, 0.4) is 0 Å². The van der Waals surface area contributed by atoms with Crippen molar-refractivity contribution < 1.29 is 19.4 Å². The van der Waals surface area contributed by atoms with Crippen LogP contribution in [0.1, 0.15) is 85.0 Å². The second-order valence-corrected chi connectivity index (χ2v) is 12.2. The van der Waals surface area contributed by atoms with Crippen LogP contribution in [0.4, 0.5) is 0 Å². The highest BCUT2D eigenvalue weighted by Gasteiger charge is 2.45. The summed E-state index contributed by atoms with van der Waals surface area (Å²) in [5, 5.41) is 12.1. The highest BCUT2D eigenvalue weighted by molar-refractivity contribution is 5.99. The van der Waals surface area contributed by atoms with Crippen molar-refractivity contribution in [2.45, 2.75) is 83.6 Å². The zero-order chi connectivity index (χ0) is 29.2. The Labute approximate surface area is 245 Å². The fourth-order valence-corrected chi connectivity index (χ4v) is 7.60. The van der Waals surface area contributed by atoms with E-state index in [9.17, 15) is 19.5 Å². The van der Waals surface area contributed by atoms with Gasteiger partial charge in [-0.25, -0.2) is 9.78 Å². The Bertz CT molecular complexity index is 1670. The molecule has 2 fully saturated rings. The minimum atomic E-state index is -1.85. The summed E-state index contributed by atoms with van der Waals surface area (Å²) < 4.78 is 6.87. The first-order valence-corrected chi connectivity index (χ1v) is 15.5. The van der Waals surface area contributed by atoms with Gasteiger partial charge >= 0.3 is 5.97 Å². The molecule has 1 atom stereocenters. The Balaban J connectivity index is 1.22. The van der Waals surface area contributed by atoms with Crippen LogP contribution in [-0.2, 0) is 34.7 Å². The number of benzene rings is 1. The number of fused-ring (bicyclic) bond motifs is 5. The number of pyridine rings is 2. The average Bonchev–Trinajstić information content (AvgIpc) is 3.40. The molecule has 2 saturated heterocycles. The SMILES string of the molecule is CCc1c2c(nc3ccc(C(=O)N4CCC(N5CCCCC5)CC4)cc13)-c1cc3c(c(=O)n1C2)COC(=O)C3(O)CC. The summed E-state index contributed by atoms with van der Waals surface area (Å²) in [6.07, 6.45) is 6.76. The molecule has 0 bridgehead atoms. The number of carbonyl (C=O) groups excluding carboxylic acids is 2. The minimum Gasteiger partial charge on any atom is -0.458 e. The van der Waals surface area contributed by atoms with Gasteiger partial charge in [0, 0.05) is 41.2 Å². The Kier molecular flexibility index (Phi) is 6.70. The molecule has 4 aliphatic rings. The van der Waals surface area contributed by atoms with Crippen molar-refractivity contribution in [3.63, 3.8) is 0 Å². The van der Waals surface area contributed by atoms with Gasteiger partial charge in [-0.05, 0) is 81.4 Å². The van der Waals surface area contributed by atoms with Crippen LogP contribution >= 0.6 is 0 Å². The van der Waals surface area contributed by atoms with E-state index in [-0.39, 0.29) is 24.5 Å². The molecule has 220 valence electrons. The lowest BCUT2D eigenvalue weighted by Crippen LogP contribution is -2.48. The number of piperidine rings is 2. The third-order valence-electron chi connectivity index (χ3n) is 10.1. The maximum Gasteiger partial charge on any atom is 0.343 e. The van der Waals surface area contributed by atoms with Crippen LogP contribution < -0.4 is 5.56 Å². The molecule has 0 saturated carbocycles. The number of cyclic esters (lactones) is 1. The van der Waals surface area contributed by atoms with Crippen molar-refractivity contribution in [1.29, 1.82) is 0 Å². The van der Waals surface area contributed by atoms with Gasteiger partial charge in [0.25, 0.3) is 11.5 Å². The van der Waals surface area contributed by atoms with Crippen LogP contribution in [0.5, 0.6) is 0 Å². The molecule has 9 heteroatoms. The van der Waals surface area contributed by atoms with Crippen LogP contribution in [0, 0.1) is 0 Å². The summed E-state index contributed by atoms with van der Waals surface area (Å²) >= 11 is 0. The van der Waals surface area contributed by atoms with E-state index >= 15 is 0 Å². The van der Waals surface area contributed by atoms with Crippen LogP contribution in [0.15, 0.2) is 29.1 Å². The lowest BCUT2D eigenvalue weighted by molar-refractivity contribution is -0.172. The van der Waals surface area contributed by atoms with E-state index in [1.54, 1.807) is 17.6 Å². The van der Waals surface area contributed by atoms with E-state index in [0.717, 1.165) is 48.0 Å². The fourth-order valence-electron chi connectivity index (χ4n) is 7.60. The number of ether oxygens (including phenoxy) is 1. The molecule has 1 unspecified atom stereocenters. The number of esters is 1. The first kappa shape index (κ1) is 27.3. The van der Waals surface area contributed by atoms with Gasteiger partial charge in [0.05, 0.1) is 29.0 Å². The van der Waals surface area contributed by atoms with Crippen LogP contribution in [0.2, 0.25) is 0 Å². The van der Waals surface area contributed by atoms with Crippen LogP contribution in [-0.4, -0.2) is 68.6 Å². The number of nitrogens with zero attached hydrogens (tertiary/aromatic N) is 4. The Morgan fingerprint density at radius 3 is 2.52 bits per heavy atom. The second-order valence-electron chi connectivity index (χ2n) is 12.2. The topological polar surface area (TPSA) is 105 Å². The van der Waals surface area contributed by atoms with E-state index in [4.69, 9.17) is 9.72 Å². The van der Waals surface area contributed by atoms with E-state index < -0.39 is 11.6 Å². The summed E-state index contributed by atoms with van der Waals surface area (Å²) in [6, 6.07) is 8.07. The van der Waals surface area contributed by atoms with Crippen molar-refractivity contribution in [3.8, 4) is 11.4 Å². The molecule has 1 N–H and O–H groups in total. The van der Waals surface area contributed by atoms with Gasteiger partial charge in [-0.15, -0.1) is 0 Å². The van der Waals surface area contributed by atoms with Crippen molar-refractivity contribution in [1.82, 2.24) is 19.4 Å². The smallest absolute Gasteiger partial charge is 0.343 e. The quantitative estimate of drug-likeness (QED) is 0.373. The normalized spacial score (nSPS) is 22.5. The molecule has 0 aliphatic carbocycles. The predicted molar refractivity (Wildman–Crippen MR) is 158 cm³/mol. The van der Waals surface area contributed by atoms with Gasteiger partial charge in [-0.1, -0.05) is 20.3 Å². The monoisotopic (exact) mass is 570 g/mol. The molecular formula is C33H38N4O5. The molecular weight excluding hydrogens is 532 g/mol. The molecule has 1 aromatic carbocycles. The summed E-state index contributed by atoms with van der Waals surface area (Å²) in [5.41, 5.74) is 3.24. The molecule has 9 nitrogen and oxygen atoms in total. The maximum atomic E-state index is 13.6. The first-order chi connectivity index (χ1) is 20.3. The first-order valence-electron chi connectivity index (χ1n) is 15.5. The number of aromatic nitrogens is 2. The number of aryl methyl sites for hydroxylation is 1. The number of likely N-dealkylation sites (tertiary alicyclic amines) is 2. The number of aliphatic hydroxyl groups is 1. The van der Waals surface area contributed by atoms with Gasteiger partial charge in [-0.2, -0.15) is 0 Å². The molecule has 0 spiro atoms. The largest absolute Gasteiger partial charge is 0.458 e.